The molecule has 5 nitrogen and oxygen atoms in total. The smallest absolute Gasteiger partial charge is 0.257 e. The SMILES string of the molecule is COCCN1C(=O)c2ccccc2NC1c1ccccc1OC(C)C. The summed E-state index contributed by atoms with van der Waals surface area (Å²) in [6.07, 6.45) is -0.243. The van der Waals surface area contributed by atoms with E-state index in [1.807, 2.05) is 62.4 Å². The third kappa shape index (κ3) is 3.61. The number of hydrogen-bond donors (Lipinski definition) is 1. The molecule has 0 fully saturated rings. The predicted molar refractivity (Wildman–Crippen MR) is 97.9 cm³/mol. The van der Waals surface area contributed by atoms with Crippen LogP contribution in [0.2, 0.25) is 0 Å². The summed E-state index contributed by atoms with van der Waals surface area (Å²) in [5.41, 5.74) is 2.46. The Bertz CT molecular complexity index is 745. The molecular formula is C20H24N2O3. The van der Waals surface area contributed by atoms with Crippen LogP contribution in [-0.2, 0) is 4.74 Å². The van der Waals surface area contributed by atoms with E-state index in [0.717, 1.165) is 17.0 Å². The number of hydrogen-bond acceptors (Lipinski definition) is 4. The van der Waals surface area contributed by atoms with Crippen LogP contribution in [0, 0.1) is 0 Å². The summed E-state index contributed by atoms with van der Waals surface area (Å²) in [6, 6.07) is 15.4. The molecular weight excluding hydrogens is 316 g/mol. The van der Waals surface area contributed by atoms with E-state index in [1.54, 1.807) is 12.0 Å². The molecule has 0 aromatic heterocycles. The number of rotatable bonds is 6. The van der Waals surface area contributed by atoms with Crippen molar-refractivity contribution >= 4 is 11.6 Å². The second-order valence-corrected chi connectivity index (χ2v) is 6.29. The fourth-order valence-electron chi connectivity index (χ4n) is 3.03. The molecule has 1 atom stereocenters. The number of para-hydroxylation sites is 2. The summed E-state index contributed by atoms with van der Waals surface area (Å²) in [5.74, 6) is 0.778. The number of carbonyl (C=O) groups excluding carboxylic acids is 1. The third-order valence-electron chi connectivity index (χ3n) is 4.13. The molecule has 0 radical (unpaired) electrons. The Morgan fingerprint density at radius 3 is 2.60 bits per heavy atom. The highest BCUT2D eigenvalue weighted by molar-refractivity contribution is 6.01. The van der Waals surface area contributed by atoms with Gasteiger partial charge in [0, 0.05) is 24.9 Å². The maximum absolute atomic E-state index is 13.0. The molecule has 1 heterocycles. The lowest BCUT2D eigenvalue weighted by atomic mass is 10.0. The first-order valence-corrected chi connectivity index (χ1v) is 8.53. The van der Waals surface area contributed by atoms with E-state index in [4.69, 9.17) is 9.47 Å². The van der Waals surface area contributed by atoms with E-state index in [9.17, 15) is 4.79 Å². The van der Waals surface area contributed by atoms with Crippen LogP contribution in [0.15, 0.2) is 48.5 Å². The van der Waals surface area contributed by atoms with E-state index in [2.05, 4.69) is 5.32 Å². The maximum atomic E-state index is 13.0. The largest absolute Gasteiger partial charge is 0.491 e. The summed E-state index contributed by atoms with van der Waals surface area (Å²) >= 11 is 0. The van der Waals surface area contributed by atoms with Gasteiger partial charge in [-0.25, -0.2) is 0 Å². The third-order valence-corrected chi connectivity index (χ3v) is 4.13. The number of methoxy groups -OCH3 is 1. The van der Waals surface area contributed by atoms with E-state index < -0.39 is 0 Å². The fourth-order valence-corrected chi connectivity index (χ4v) is 3.03. The molecule has 1 aliphatic rings. The second-order valence-electron chi connectivity index (χ2n) is 6.29. The van der Waals surface area contributed by atoms with Crippen LogP contribution in [0.3, 0.4) is 0 Å². The molecule has 0 spiro atoms. The Morgan fingerprint density at radius 1 is 1.12 bits per heavy atom. The number of nitrogens with zero attached hydrogens (tertiary/aromatic N) is 1. The van der Waals surface area contributed by atoms with Gasteiger partial charge < -0.3 is 19.7 Å². The molecule has 0 saturated heterocycles. The minimum absolute atomic E-state index is 0.00394. The van der Waals surface area contributed by atoms with Crippen LogP contribution in [0.4, 0.5) is 5.69 Å². The minimum Gasteiger partial charge on any atom is -0.491 e. The van der Waals surface area contributed by atoms with Gasteiger partial charge in [0.1, 0.15) is 11.9 Å². The zero-order chi connectivity index (χ0) is 17.8. The lowest BCUT2D eigenvalue weighted by Gasteiger charge is -2.38. The summed E-state index contributed by atoms with van der Waals surface area (Å²) < 4.78 is 11.2. The summed E-state index contributed by atoms with van der Waals surface area (Å²) in [7, 11) is 1.64. The highest BCUT2D eigenvalue weighted by Crippen LogP contribution is 2.36. The van der Waals surface area contributed by atoms with Gasteiger partial charge in [0.15, 0.2) is 0 Å². The molecule has 1 aliphatic heterocycles. The van der Waals surface area contributed by atoms with Crippen LogP contribution in [-0.4, -0.2) is 37.2 Å². The fraction of sp³-hybridized carbons (Fsp3) is 0.350. The highest BCUT2D eigenvalue weighted by Gasteiger charge is 2.34. The Labute approximate surface area is 148 Å². The van der Waals surface area contributed by atoms with Crippen molar-refractivity contribution in [2.75, 3.05) is 25.6 Å². The van der Waals surface area contributed by atoms with Crippen molar-refractivity contribution in [3.8, 4) is 5.75 Å². The molecule has 1 unspecified atom stereocenters. The van der Waals surface area contributed by atoms with E-state index in [-0.39, 0.29) is 18.2 Å². The number of benzene rings is 2. The minimum atomic E-state index is -0.299. The van der Waals surface area contributed by atoms with Crippen molar-refractivity contribution in [3.05, 3.63) is 59.7 Å². The molecule has 5 heteroatoms. The molecule has 0 saturated carbocycles. The lowest BCUT2D eigenvalue weighted by Crippen LogP contribution is -2.44. The number of ether oxygens (including phenoxy) is 2. The Balaban J connectivity index is 2.02. The standard InChI is InChI=1S/C20H24N2O3/c1-14(2)25-18-11-7-5-9-16(18)19-21-17-10-6-4-8-15(17)20(23)22(19)12-13-24-3/h4-11,14,19,21H,12-13H2,1-3H3. The second kappa shape index (κ2) is 7.57. The van der Waals surface area contributed by atoms with Crippen molar-refractivity contribution in [1.29, 1.82) is 0 Å². The van der Waals surface area contributed by atoms with Gasteiger partial charge in [0.05, 0.1) is 18.3 Å². The molecule has 1 amide bonds. The molecule has 132 valence electrons. The van der Waals surface area contributed by atoms with Crippen molar-refractivity contribution < 1.29 is 14.3 Å². The van der Waals surface area contributed by atoms with Gasteiger partial charge in [0.2, 0.25) is 0 Å². The van der Waals surface area contributed by atoms with Crippen molar-refractivity contribution in [1.82, 2.24) is 4.90 Å². The van der Waals surface area contributed by atoms with Crippen molar-refractivity contribution in [2.45, 2.75) is 26.1 Å². The zero-order valence-corrected chi connectivity index (χ0v) is 14.9. The van der Waals surface area contributed by atoms with Crippen LogP contribution >= 0.6 is 0 Å². The van der Waals surface area contributed by atoms with E-state index in [0.29, 0.717) is 18.7 Å². The van der Waals surface area contributed by atoms with Crippen LogP contribution in [0.1, 0.15) is 35.9 Å². The van der Waals surface area contributed by atoms with Crippen molar-refractivity contribution in [3.63, 3.8) is 0 Å². The Hall–Kier alpha value is -2.53. The molecule has 1 N–H and O–H groups in total. The predicted octanol–water partition coefficient (Wildman–Crippen LogP) is 3.69. The van der Waals surface area contributed by atoms with E-state index >= 15 is 0 Å². The number of fused-ring (bicyclic) bond motifs is 1. The number of nitrogens with one attached hydrogen (secondary N) is 1. The van der Waals surface area contributed by atoms with Gasteiger partial charge >= 0.3 is 0 Å². The van der Waals surface area contributed by atoms with Gasteiger partial charge in [-0.2, -0.15) is 0 Å². The Kier molecular flexibility index (Phi) is 5.24. The Morgan fingerprint density at radius 2 is 1.84 bits per heavy atom. The molecule has 0 bridgehead atoms. The van der Waals surface area contributed by atoms with Gasteiger partial charge in [-0.15, -0.1) is 0 Å². The van der Waals surface area contributed by atoms with Crippen molar-refractivity contribution in [2.24, 2.45) is 0 Å². The summed E-state index contributed by atoms with van der Waals surface area (Å²) in [6.45, 7) is 4.96. The first kappa shape index (κ1) is 17.3. The number of anilines is 1. The molecule has 3 rings (SSSR count). The lowest BCUT2D eigenvalue weighted by molar-refractivity contribution is 0.0605. The van der Waals surface area contributed by atoms with Gasteiger partial charge in [-0.1, -0.05) is 30.3 Å². The molecule has 2 aromatic carbocycles. The quantitative estimate of drug-likeness (QED) is 0.871. The highest BCUT2D eigenvalue weighted by atomic mass is 16.5. The monoisotopic (exact) mass is 340 g/mol. The van der Waals surface area contributed by atoms with Gasteiger partial charge in [0.25, 0.3) is 5.91 Å². The normalized spacial score (nSPS) is 16.6. The van der Waals surface area contributed by atoms with Crippen LogP contribution in [0.5, 0.6) is 5.75 Å². The van der Waals surface area contributed by atoms with Gasteiger partial charge in [-0.05, 0) is 32.0 Å². The number of amides is 1. The summed E-state index contributed by atoms with van der Waals surface area (Å²) in [4.78, 5) is 14.8. The maximum Gasteiger partial charge on any atom is 0.257 e. The molecule has 0 aliphatic carbocycles. The first-order chi connectivity index (χ1) is 12.1. The van der Waals surface area contributed by atoms with Gasteiger partial charge in [-0.3, -0.25) is 4.79 Å². The molecule has 25 heavy (non-hydrogen) atoms. The first-order valence-electron chi connectivity index (χ1n) is 8.53. The average molecular weight is 340 g/mol. The zero-order valence-electron chi connectivity index (χ0n) is 14.9. The average Bonchev–Trinajstić information content (AvgIpc) is 2.61. The topological polar surface area (TPSA) is 50.8 Å². The van der Waals surface area contributed by atoms with Crippen LogP contribution in [0.25, 0.3) is 0 Å². The molecule has 2 aromatic rings. The van der Waals surface area contributed by atoms with E-state index in [1.165, 1.54) is 0 Å². The van der Waals surface area contributed by atoms with Crippen LogP contribution < -0.4 is 10.1 Å². The summed E-state index contributed by atoms with van der Waals surface area (Å²) in [5, 5.41) is 3.49. The number of carbonyl (C=O) groups is 1.